The molecule has 0 aromatic heterocycles. The van der Waals surface area contributed by atoms with E-state index in [1.807, 2.05) is 30.3 Å². The highest BCUT2D eigenvalue weighted by Gasteiger charge is 2.40. The molecule has 2 aliphatic rings. The fourth-order valence-electron chi connectivity index (χ4n) is 3.89. The maximum absolute atomic E-state index is 12.5. The molecule has 0 radical (unpaired) electrons. The summed E-state index contributed by atoms with van der Waals surface area (Å²) in [6.07, 6.45) is 5.57. The molecule has 1 spiro atoms. The number of fused-ring (bicyclic) bond motifs is 1. The first-order valence-corrected chi connectivity index (χ1v) is 10.9. The molecular formula is C22H25NO3S. The molecule has 2 heterocycles. The van der Waals surface area contributed by atoms with Crippen LogP contribution >= 0.6 is 11.8 Å². The van der Waals surface area contributed by atoms with Gasteiger partial charge in [0, 0.05) is 31.7 Å². The third kappa shape index (κ3) is 4.08. The number of nitrogens with zero attached hydrogens (tertiary/aromatic N) is 1. The fraction of sp³-hybridized carbons (Fsp3) is 0.409. The number of ether oxygens (including phenoxy) is 2. The van der Waals surface area contributed by atoms with Crippen molar-refractivity contribution in [3.05, 3.63) is 59.7 Å². The third-order valence-electron chi connectivity index (χ3n) is 5.52. The van der Waals surface area contributed by atoms with Crippen LogP contribution in [0.3, 0.4) is 0 Å². The summed E-state index contributed by atoms with van der Waals surface area (Å²) in [5.41, 5.74) is 2.39. The van der Waals surface area contributed by atoms with Gasteiger partial charge in [0.15, 0.2) is 0 Å². The van der Waals surface area contributed by atoms with Crippen molar-refractivity contribution in [2.24, 2.45) is 0 Å². The molecule has 0 bridgehead atoms. The lowest BCUT2D eigenvalue weighted by atomic mass is 9.83. The van der Waals surface area contributed by atoms with Gasteiger partial charge in [0.2, 0.25) is 0 Å². The molecule has 4 nitrogen and oxygen atoms in total. The monoisotopic (exact) mass is 383 g/mol. The zero-order valence-electron chi connectivity index (χ0n) is 15.6. The molecule has 1 fully saturated rings. The van der Waals surface area contributed by atoms with Crippen molar-refractivity contribution in [3.63, 3.8) is 0 Å². The van der Waals surface area contributed by atoms with E-state index in [1.165, 1.54) is 11.1 Å². The van der Waals surface area contributed by atoms with E-state index in [0.29, 0.717) is 18.8 Å². The van der Waals surface area contributed by atoms with Gasteiger partial charge in [-0.1, -0.05) is 30.3 Å². The van der Waals surface area contributed by atoms with E-state index in [9.17, 15) is 4.79 Å². The molecule has 0 saturated carbocycles. The predicted molar refractivity (Wildman–Crippen MR) is 109 cm³/mol. The van der Waals surface area contributed by atoms with Crippen molar-refractivity contribution < 1.29 is 14.3 Å². The predicted octanol–water partition coefficient (Wildman–Crippen LogP) is 4.91. The van der Waals surface area contributed by atoms with E-state index in [4.69, 9.17) is 9.47 Å². The number of hydrogen-bond donors (Lipinski definition) is 0. The molecular weight excluding hydrogens is 358 g/mol. The Balaban J connectivity index is 1.33. The largest absolute Gasteiger partial charge is 0.487 e. The highest BCUT2D eigenvalue weighted by Crippen LogP contribution is 2.39. The molecule has 0 aliphatic carbocycles. The standard InChI is InChI=1S/C22H25NO3S/c1-27-16-17-6-8-19(9-7-17)25-21(24)23-14-12-22(13-15-23)11-10-18-4-2-3-5-20(18)26-22/h2-9H,10-16H2,1H3. The van der Waals surface area contributed by atoms with Gasteiger partial charge >= 0.3 is 6.09 Å². The summed E-state index contributed by atoms with van der Waals surface area (Å²) in [4.78, 5) is 14.3. The van der Waals surface area contributed by atoms with Crippen LogP contribution in [-0.2, 0) is 12.2 Å². The highest BCUT2D eigenvalue weighted by molar-refractivity contribution is 7.97. The summed E-state index contributed by atoms with van der Waals surface area (Å²) < 4.78 is 11.9. The van der Waals surface area contributed by atoms with Crippen molar-refractivity contribution in [2.75, 3.05) is 19.3 Å². The van der Waals surface area contributed by atoms with Gasteiger partial charge in [-0.2, -0.15) is 11.8 Å². The summed E-state index contributed by atoms with van der Waals surface area (Å²) in [7, 11) is 0. The van der Waals surface area contributed by atoms with Crippen molar-refractivity contribution >= 4 is 17.9 Å². The summed E-state index contributed by atoms with van der Waals surface area (Å²) in [5.74, 6) is 2.57. The molecule has 27 heavy (non-hydrogen) atoms. The minimum Gasteiger partial charge on any atom is -0.487 e. The molecule has 2 aliphatic heterocycles. The van der Waals surface area contributed by atoms with Crippen molar-refractivity contribution in [3.8, 4) is 11.5 Å². The number of amides is 1. The number of thioether (sulfide) groups is 1. The van der Waals surface area contributed by atoms with E-state index < -0.39 is 0 Å². The summed E-state index contributed by atoms with van der Waals surface area (Å²) in [5, 5.41) is 0. The van der Waals surface area contributed by atoms with E-state index in [0.717, 1.165) is 37.2 Å². The molecule has 5 heteroatoms. The molecule has 4 rings (SSSR count). The number of likely N-dealkylation sites (tertiary alicyclic amines) is 1. The van der Waals surface area contributed by atoms with Crippen molar-refractivity contribution in [1.29, 1.82) is 0 Å². The van der Waals surface area contributed by atoms with Crippen LogP contribution in [0.25, 0.3) is 0 Å². The zero-order valence-corrected chi connectivity index (χ0v) is 16.5. The maximum atomic E-state index is 12.5. The molecule has 2 aromatic rings. The van der Waals surface area contributed by atoms with E-state index in [-0.39, 0.29) is 11.7 Å². The molecule has 0 N–H and O–H groups in total. The van der Waals surface area contributed by atoms with Gasteiger partial charge in [0.05, 0.1) is 0 Å². The zero-order chi connectivity index (χ0) is 18.7. The number of hydrogen-bond acceptors (Lipinski definition) is 4. The van der Waals surface area contributed by atoms with Crippen LogP contribution in [0.4, 0.5) is 4.79 Å². The lowest BCUT2D eigenvalue weighted by Gasteiger charge is -2.44. The number of carbonyl (C=O) groups excluding carboxylic acids is 1. The van der Waals surface area contributed by atoms with Crippen LogP contribution in [-0.4, -0.2) is 35.9 Å². The van der Waals surface area contributed by atoms with Crippen LogP contribution in [0.15, 0.2) is 48.5 Å². The van der Waals surface area contributed by atoms with Crippen LogP contribution in [0, 0.1) is 0 Å². The van der Waals surface area contributed by atoms with Gasteiger partial charge in [-0.05, 0) is 48.4 Å². The molecule has 0 unspecified atom stereocenters. The minimum absolute atomic E-state index is 0.134. The Hall–Kier alpha value is -2.14. The van der Waals surface area contributed by atoms with Gasteiger partial charge in [-0.15, -0.1) is 0 Å². The van der Waals surface area contributed by atoms with Crippen LogP contribution in [0.1, 0.15) is 30.4 Å². The van der Waals surface area contributed by atoms with Gasteiger partial charge in [-0.3, -0.25) is 0 Å². The van der Waals surface area contributed by atoms with E-state index in [1.54, 1.807) is 16.7 Å². The molecule has 1 amide bonds. The summed E-state index contributed by atoms with van der Waals surface area (Å²) in [6.45, 7) is 1.34. The summed E-state index contributed by atoms with van der Waals surface area (Å²) >= 11 is 1.78. The van der Waals surface area contributed by atoms with Gasteiger partial charge in [0.1, 0.15) is 17.1 Å². The number of benzene rings is 2. The first-order chi connectivity index (χ1) is 13.2. The first kappa shape index (κ1) is 18.2. The summed E-state index contributed by atoms with van der Waals surface area (Å²) in [6, 6.07) is 16.0. The van der Waals surface area contributed by atoms with Gasteiger partial charge in [-0.25, -0.2) is 4.79 Å². The number of aryl methyl sites for hydroxylation is 1. The Morgan fingerprint density at radius 3 is 2.59 bits per heavy atom. The maximum Gasteiger partial charge on any atom is 0.415 e. The second-order valence-electron chi connectivity index (χ2n) is 7.32. The van der Waals surface area contributed by atoms with Gasteiger partial charge < -0.3 is 14.4 Å². The normalized spacial score (nSPS) is 17.9. The van der Waals surface area contributed by atoms with E-state index >= 15 is 0 Å². The average Bonchev–Trinajstić information content (AvgIpc) is 2.70. The SMILES string of the molecule is CSCc1ccc(OC(=O)N2CCC3(CCc4ccccc4O3)CC2)cc1. The first-order valence-electron chi connectivity index (χ1n) is 9.49. The van der Waals surface area contributed by atoms with Crippen LogP contribution < -0.4 is 9.47 Å². The Kier molecular flexibility index (Phi) is 5.30. The number of carbonyl (C=O) groups is 1. The average molecular weight is 384 g/mol. The van der Waals surface area contributed by atoms with E-state index in [2.05, 4.69) is 24.5 Å². The molecule has 142 valence electrons. The molecule has 2 aromatic carbocycles. The minimum atomic E-state index is -0.265. The quantitative estimate of drug-likeness (QED) is 0.755. The van der Waals surface area contributed by atoms with Crippen LogP contribution in [0.5, 0.6) is 11.5 Å². The fourth-order valence-corrected chi connectivity index (χ4v) is 4.42. The second-order valence-corrected chi connectivity index (χ2v) is 8.19. The third-order valence-corrected chi connectivity index (χ3v) is 6.14. The van der Waals surface area contributed by atoms with Crippen molar-refractivity contribution in [1.82, 2.24) is 4.90 Å². The topological polar surface area (TPSA) is 38.8 Å². The Bertz CT molecular complexity index is 797. The highest BCUT2D eigenvalue weighted by atomic mass is 32.2. The second kappa shape index (κ2) is 7.85. The molecule has 0 atom stereocenters. The number of rotatable bonds is 3. The lowest BCUT2D eigenvalue weighted by molar-refractivity contribution is -0.00949. The smallest absolute Gasteiger partial charge is 0.415 e. The van der Waals surface area contributed by atoms with Crippen LogP contribution in [0.2, 0.25) is 0 Å². The Morgan fingerprint density at radius 2 is 1.85 bits per heavy atom. The number of para-hydroxylation sites is 1. The number of piperidine rings is 1. The lowest BCUT2D eigenvalue weighted by Crippen LogP contribution is -2.51. The van der Waals surface area contributed by atoms with Crippen molar-refractivity contribution in [2.45, 2.75) is 37.0 Å². The molecule has 1 saturated heterocycles. The van der Waals surface area contributed by atoms with Gasteiger partial charge in [0.25, 0.3) is 0 Å². The Morgan fingerprint density at radius 1 is 1.11 bits per heavy atom. The Labute approximate surface area is 164 Å².